The standard InChI is InChI=1S/C7H9IO3/c1-9-7(10-2)5-3-6(8)11-4-5/h3-4,7H,1-2H3. The Bertz CT molecular complexity index is 217. The van der Waals surface area contributed by atoms with Crippen LogP contribution in [0.2, 0.25) is 0 Å². The predicted octanol–water partition coefficient (Wildman–Crippen LogP) is 2.18. The Kier molecular flexibility index (Phi) is 3.35. The van der Waals surface area contributed by atoms with Crippen LogP contribution < -0.4 is 0 Å². The third-order valence-corrected chi connectivity index (χ3v) is 1.85. The summed E-state index contributed by atoms with van der Waals surface area (Å²) in [5.41, 5.74) is 0.902. The van der Waals surface area contributed by atoms with Crippen LogP contribution >= 0.6 is 22.6 Å². The van der Waals surface area contributed by atoms with Crippen LogP contribution in [-0.2, 0) is 9.47 Å². The minimum Gasteiger partial charge on any atom is -0.458 e. The Morgan fingerprint density at radius 3 is 2.45 bits per heavy atom. The van der Waals surface area contributed by atoms with Crippen molar-refractivity contribution in [2.45, 2.75) is 6.29 Å². The van der Waals surface area contributed by atoms with Crippen LogP contribution in [0, 0.1) is 3.77 Å². The molecule has 11 heavy (non-hydrogen) atoms. The zero-order valence-corrected chi connectivity index (χ0v) is 8.49. The maximum atomic E-state index is 5.08. The van der Waals surface area contributed by atoms with Crippen molar-refractivity contribution in [1.82, 2.24) is 0 Å². The molecule has 1 aromatic rings. The average molecular weight is 268 g/mol. The second-order valence-corrected chi connectivity index (χ2v) is 3.05. The van der Waals surface area contributed by atoms with Gasteiger partial charge in [0.25, 0.3) is 0 Å². The van der Waals surface area contributed by atoms with Gasteiger partial charge in [-0.3, -0.25) is 0 Å². The highest BCUT2D eigenvalue weighted by Crippen LogP contribution is 2.20. The van der Waals surface area contributed by atoms with Crippen LogP contribution in [0.25, 0.3) is 0 Å². The molecule has 4 heteroatoms. The molecule has 0 saturated heterocycles. The molecule has 0 unspecified atom stereocenters. The molecule has 0 fully saturated rings. The van der Waals surface area contributed by atoms with Gasteiger partial charge in [0.15, 0.2) is 10.1 Å². The minimum absolute atomic E-state index is 0.317. The topological polar surface area (TPSA) is 31.6 Å². The Morgan fingerprint density at radius 2 is 2.09 bits per heavy atom. The number of rotatable bonds is 3. The van der Waals surface area contributed by atoms with Crippen LogP contribution in [0.4, 0.5) is 0 Å². The highest BCUT2D eigenvalue weighted by atomic mass is 127. The fraction of sp³-hybridized carbons (Fsp3) is 0.429. The van der Waals surface area contributed by atoms with Crippen molar-refractivity contribution in [1.29, 1.82) is 0 Å². The van der Waals surface area contributed by atoms with Crippen molar-refractivity contribution in [2.24, 2.45) is 0 Å². The normalized spacial score (nSPS) is 10.9. The van der Waals surface area contributed by atoms with E-state index in [0.717, 1.165) is 9.33 Å². The summed E-state index contributed by atoms with van der Waals surface area (Å²) in [5, 5.41) is 0. The monoisotopic (exact) mass is 268 g/mol. The third-order valence-electron chi connectivity index (χ3n) is 1.29. The van der Waals surface area contributed by atoms with Gasteiger partial charge in [-0.25, -0.2) is 0 Å². The zero-order chi connectivity index (χ0) is 8.27. The highest BCUT2D eigenvalue weighted by molar-refractivity contribution is 14.1. The molecule has 3 nitrogen and oxygen atoms in total. The van der Waals surface area contributed by atoms with Gasteiger partial charge in [-0.15, -0.1) is 0 Å². The molecular formula is C7H9IO3. The van der Waals surface area contributed by atoms with Crippen molar-refractivity contribution in [3.8, 4) is 0 Å². The summed E-state index contributed by atoms with van der Waals surface area (Å²) in [5.74, 6) is 0. The van der Waals surface area contributed by atoms with E-state index < -0.39 is 0 Å². The smallest absolute Gasteiger partial charge is 0.186 e. The molecule has 1 heterocycles. The Balaban J connectivity index is 2.73. The van der Waals surface area contributed by atoms with E-state index in [1.807, 2.05) is 6.07 Å². The van der Waals surface area contributed by atoms with Crippen LogP contribution in [0.15, 0.2) is 16.7 Å². The quantitative estimate of drug-likeness (QED) is 0.622. The van der Waals surface area contributed by atoms with Crippen LogP contribution in [0.1, 0.15) is 11.9 Å². The summed E-state index contributed by atoms with van der Waals surface area (Å²) in [6.07, 6.45) is 1.31. The van der Waals surface area contributed by atoms with E-state index in [1.165, 1.54) is 0 Å². The fourth-order valence-corrected chi connectivity index (χ4v) is 1.30. The molecule has 0 aliphatic rings. The predicted molar refractivity (Wildman–Crippen MR) is 48.2 cm³/mol. The van der Waals surface area contributed by atoms with E-state index in [0.29, 0.717) is 0 Å². The molecular weight excluding hydrogens is 259 g/mol. The molecule has 0 aliphatic heterocycles. The summed E-state index contributed by atoms with van der Waals surface area (Å²) in [7, 11) is 3.18. The van der Waals surface area contributed by atoms with E-state index >= 15 is 0 Å². The molecule has 0 amide bonds. The highest BCUT2D eigenvalue weighted by Gasteiger charge is 2.10. The van der Waals surface area contributed by atoms with Gasteiger partial charge in [0.1, 0.15) is 6.26 Å². The second kappa shape index (κ2) is 4.08. The van der Waals surface area contributed by atoms with Crippen molar-refractivity contribution in [3.05, 3.63) is 21.7 Å². The summed E-state index contributed by atoms with van der Waals surface area (Å²) < 4.78 is 15.9. The molecule has 1 rings (SSSR count). The van der Waals surface area contributed by atoms with Gasteiger partial charge in [0, 0.05) is 19.8 Å². The van der Waals surface area contributed by atoms with Crippen LogP contribution in [0.5, 0.6) is 0 Å². The van der Waals surface area contributed by atoms with Crippen molar-refractivity contribution in [3.63, 3.8) is 0 Å². The van der Waals surface area contributed by atoms with E-state index in [-0.39, 0.29) is 6.29 Å². The molecule has 0 aliphatic carbocycles. The number of methoxy groups -OCH3 is 2. The van der Waals surface area contributed by atoms with Crippen LogP contribution in [-0.4, -0.2) is 14.2 Å². The van der Waals surface area contributed by atoms with Gasteiger partial charge < -0.3 is 13.9 Å². The number of furan rings is 1. The van der Waals surface area contributed by atoms with Crippen molar-refractivity contribution in [2.75, 3.05) is 14.2 Å². The van der Waals surface area contributed by atoms with Gasteiger partial charge in [0.05, 0.1) is 0 Å². The first-order chi connectivity index (χ1) is 5.27. The van der Waals surface area contributed by atoms with Gasteiger partial charge in [0.2, 0.25) is 0 Å². The summed E-state index contributed by atoms with van der Waals surface area (Å²) >= 11 is 2.09. The molecule has 0 bridgehead atoms. The molecule has 0 N–H and O–H groups in total. The van der Waals surface area contributed by atoms with E-state index in [2.05, 4.69) is 22.6 Å². The molecule has 1 aromatic heterocycles. The average Bonchev–Trinajstić information content (AvgIpc) is 2.39. The SMILES string of the molecule is COC(OC)c1coc(I)c1. The Hall–Kier alpha value is -0.0700. The summed E-state index contributed by atoms with van der Waals surface area (Å²) in [4.78, 5) is 0. The number of halogens is 1. The first-order valence-electron chi connectivity index (χ1n) is 3.07. The Labute approximate surface area is 78.8 Å². The second-order valence-electron chi connectivity index (χ2n) is 1.99. The molecule has 0 radical (unpaired) electrons. The maximum absolute atomic E-state index is 5.08. The number of hydrogen-bond acceptors (Lipinski definition) is 3. The lowest BCUT2D eigenvalue weighted by molar-refractivity contribution is -0.106. The van der Waals surface area contributed by atoms with Crippen LogP contribution in [0.3, 0.4) is 0 Å². The lowest BCUT2D eigenvalue weighted by atomic mass is 10.3. The largest absolute Gasteiger partial charge is 0.458 e. The fourth-order valence-electron chi connectivity index (χ4n) is 0.815. The lowest BCUT2D eigenvalue weighted by Gasteiger charge is -2.09. The van der Waals surface area contributed by atoms with Gasteiger partial charge in [-0.2, -0.15) is 0 Å². The summed E-state index contributed by atoms with van der Waals surface area (Å²) in [6, 6.07) is 1.87. The minimum atomic E-state index is -0.317. The molecule has 0 spiro atoms. The summed E-state index contributed by atoms with van der Waals surface area (Å²) in [6.45, 7) is 0. The van der Waals surface area contributed by atoms with Gasteiger partial charge >= 0.3 is 0 Å². The maximum Gasteiger partial charge on any atom is 0.186 e. The third kappa shape index (κ3) is 2.18. The van der Waals surface area contributed by atoms with Crippen molar-refractivity contribution >= 4 is 22.6 Å². The first kappa shape index (κ1) is 9.02. The van der Waals surface area contributed by atoms with Gasteiger partial charge in [-0.1, -0.05) is 0 Å². The van der Waals surface area contributed by atoms with E-state index in [4.69, 9.17) is 13.9 Å². The van der Waals surface area contributed by atoms with E-state index in [1.54, 1.807) is 20.5 Å². The number of ether oxygens (including phenoxy) is 2. The molecule has 0 saturated carbocycles. The first-order valence-corrected chi connectivity index (χ1v) is 4.15. The van der Waals surface area contributed by atoms with Crippen molar-refractivity contribution < 1.29 is 13.9 Å². The number of hydrogen-bond donors (Lipinski definition) is 0. The Morgan fingerprint density at radius 1 is 1.45 bits per heavy atom. The van der Waals surface area contributed by atoms with E-state index in [9.17, 15) is 0 Å². The molecule has 0 aromatic carbocycles. The zero-order valence-electron chi connectivity index (χ0n) is 6.33. The van der Waals surface area contributed by atoms with Gasteiger partial charge in [-0.05, 0) is 28.7 Å². The molecule has 0 atom stereocenters. The molecule has 62 valence electrons. The lowest BCUT2D eigenvalue weighted by Crippen LogP contribution is -2.01.